The smallest absolute Gasteiger partial charge is 0.184 e. The van der Waals surface area contributed by atoms with Crippen LogP contribution in [-0.4, -0.2) is 68.0 Å². The molecule has 1 aliphatic rings. The molecule has 0 radical (unpaired) electrons. The van der Waals surface area contributed by atoms with Crippen LogP contribution in [0.2, 0.25) is 0 Å². The van der Waals surface area contributed by atoms with Crippen molar-refractivity contribution in [1.82, 2.24) is 29.5 Å². The van der Waals surface area contributed by atoms with Crippen LogP contribution in [0.4, 0.5) is 27.5 Å². The second kappa shape index (κ2) is 9.71. The Morgan fingerprint density at radius 2 is 1.85 bits per heavy atom. The van der Waals surface area contributed by atoms with E-state index in [-0.39, 0.29) is 11.4 Å². The predicted molar refractivity (Wildman–Crippen MR) is 147 cm³/mol. The van der Waals surface area contributed by atoms with E-state index < -0.39 is 11.4 Å². The van der Waals surface area contributed by atoms with E-state index in [1.807, 2.05) is 18.3 Å². The Kier molecular flexibility index (Phi) is 6.20. The minimum Gasteiger partial charge on any atom is -0.386 e. The maximum atomic E-state index is 15.2. The highest BCUT2D eigenvalue weighted by Gasteiger charge is 2.23. The molecule has 3 N–H and O–H groups in total. The van der Waals surface area contributed by atoms with Crippen LogP contribution in [0.25, 0.3) is 27.8 Å². The Labute approximate surface area is 223 Å². The summed E-state index contributed by atoms with van der Waals surface area (Å²) >= 11 is 0. The van der Waals surface area contributed by atoms with Gasteiger partial charge < -0.3 is 25.4 Å². The Morgan fingerprint density at radius 3 is 2.62 bits per heavy atom. The maximum absolute atomic E-state index is 15.2. The quantitative estimate of drug-likeness (QED) is 0.300. The zero-order valence-corrected chi connectivity index (χ0v) is 21.8. The van der Waals surface area contributed by atoms with E-state index in [0.29, 0.717) is 41.9 Å². The lowest BCUT2D eigenvalue weighted by Gasteiger charge is -2.28. The minimum absolute atomic E-state index is 0.0348. The summed E-state index contributed by atoms with van der Waals surface area (Å²) in [5.41, 5.74) is 1.22. The van der Waals surface area contributed by atoms with Crippen molar-refractivity contribution >= 4 is 39.6 Å². The van der Waals surface area contributed by atoms with E-state index in [9.17, 15) is 5.11 Å². The number of aliphatic hydroxyl groups is 1. The Hall–Kier alpha value is -4.42. The number of nitrogens with one attached hydrogen (secondary N) is 2. The average molecular weight is 530 g/mol. The van der Waals surface area contributed by atoms with E-state index >= 15 is 4.39 Å². The number of nitrogens with zero attached hydrogens (tertiary/aromatic N) is 7. The fourth-order valence-corrected chi connectivity index (χ4v) is 4.70. The molecule has 6 heterocycles. The molecule has 0 aliphatic carbocycles. The molecule has 6 rings (SSSR count). The molecule has 0 atom stereocenters. The molecule has 0 unspecified atom stereocenters. The first-order valence-corrected chi connectivity index (χ1v) is 12.6. The summed E-state index contributed by atoms with van der Waals surface area (Å²) in [5, 5.41) is 22.7. The second-order valence-electron chi connectivity index (χ2n) is 9.82. The molecule has 1 saturated heterocycles. The first-order valence-electron chi connectivity index (χ1n) is 12.6. The van der Waals surface area contributed by atoms with Gasteiger partial charge in [0.25, 0.3) is 0 Å². The third kappa shape index (κ3) is 4.68. The molecule has 39 heavy (non-hydrogen) atoms. The summed E-state index contributed by atoms with van der Waals surface area (Å²) in [6.07, 6.45) is 6.78. The van der Waals surface area contributed by atoms with Gasteiger partial charge in [0.2, 0.25) is 0 Å². The largest absolute Gasteiger partial charge is 0.386 e. The van der Waals surface area contributed by atoms with Crippen LogP contribution in [0, 0.1) is 5.82 Å². The van der Waals surface area contributed by atoms with E-state index in [1.54, 1.807) is 30.0 Å². The molecule has 5 aromatic heterocycles. The van der Waals surface area contributed by atoms with Gasteiger partial charge in [0.1, 0.15) is 11.6 Å². The summed E-state index contributed by atoms with van der Waals surface area (Å²) in [6.45, 7) is 6.08. The molecule has 11 nitrogen and oxygen atoms in total. The maximum Gasteiger partial charge on any atom is 0.184 e. The van der Waals surface area contributed by atoms with Crippen molar-refractivity contribution in [1.29, 1.82) is 0 Å². The summed E-state index contributed by atoms with van der Waals surface area (Å²) in [4.78, 5) is 20.1. The number of fused-ring (bicyclic) bond motifs is 2. The van der Waals surface area contributed by atoms with Gasteiger partial charge in [0.15, 0.2) is 23.1 Å². The topological polar surface area (TPSA) is 126 Å². The van der Waals surface area contributed by atoms with Crippen LogP contribution in [0.1, 0.15) is 19.4 Å². The zero-order chi connectivity index (χ0) is 27.1. The normalized spacial score (nSPS) is 14.2. The van der Waals surface area contributed by atoms with Crippen LogP contribution < -0.4 is 15.5 Å². The molecular weight excluding hydrogens is 501 g/mol. The predicted octanol–water partition coefficient (Wildman–Crippen LogP) is 3.72. The van der Waals surface area contributed by atoms with Gasteiger partial charge in [-0.3, -0.25) is 0 Å². The monoisotopic (exact) mass is 529 g/mol. The van der Waals surface area contributed by atoms with Crippen molar-refractivity contribution in [3.63, 3.8) is 0 Å². The summed E-state index contributed by atoms with van der Waals surface area (Å²) in [5.74, 6) is 0.831. The van der Waals surface area contributed by atoms with Gasteiger partial charge in [-0.1, -0.05) is 0 Å². The Bertz CT molecular complexity index is 1680. The van der Waals surface area contributed by atoms with Crippen LogP contribution in [0.3, 0.4) is 0 Å². The van der Waals surface area contributed by atoms with Gasteiger partial charge >= 0.3 is 0 Å². The third-order valence-electron chi connectivity index (χ3n) is 6.74. The first kappa shape index (κ1) is 24.9. The first-order chi connectivity index (χ1) is 18.8. The number of aromatic nitrogens is 6. The number of anilines is 4. The Morgan fingerprint density at radius 1 is 1.03 bits per heavy atom. The van der Waals surface area contributed by atoms with Crippen LogP contribution in [0.15, 0.2) is 49.1 Å². The fraction of sp³-hybridized carbons (Fsp3) is 0.296. The van der Waals surface area contributed by atoms with E-state index in [1.165, 1.54) is 26.1 Å². The van der Waals surface area contributed by atoms with Crippen LogP contribution >= 0.6 is 0 Å². The van der Waals surface area contributed by atoms with E-state index in [2.05, 4.69) is 30.5 Å². The van der Waals surface area contributed by atoms with Gasteiger partial charge in [0, 0.05) is 60.6 Å². The standard InChI is InChI=1S/C27H28FN9O2/c1-27(2,38)20-6-7-30-26(23(20)28)33-21-12-17-18(13-31-21)24(29-3)32-14-19(17)25-34-22-5-4-16(15-37(22)35-25)36-8-10-39-11-9-36/h4-7,12-15,38H,8-11H2,1-3H3,(H,29,32)(H,30,31,33). The molecule has 0 spiro atoms. The summed E-state index contributed by atoms with van der Waals surface area (Å²) < 4.78 is 22.4. The number of hydrogen-bond donors (Lipinski definition) is 3. The van der Waals surface area contributed by atoms with Crippen LogP contribution in [0.5, 0.6) is 0 Å². The number of ether oxygens (including phenoxy) is 1. The van der Waals surface area contributed by atoms with Crippen molar-refractivity contribution in [3.05, 3.63) is 60.4 Å². The molecule has 5 aromatic rings. The van der Waals surface area contributed by atoms with Gasteiger partial charge in [-0.2, -0.15) is 0 Å². The van der Waals surface area contributed by atoms with Gasteiger partial charge in [-0.25, -0.2) is 28.8 Å². The summed E-state index contributed by atoms with van der Waals surface area (Å²) in [7, 11) is 1.78. The molecule has 200 valence electrons. The van der Waals surface area contributed by atoms with Crippen LogP contribution in [-0.2, 0) is 10.3 Å². The van der Waals surface area contributed by atoms with Gasteiger partial charge in [-0.15, -0.1) is 5.10 Å². The summed E-state index contributed by atoms with van der Waals surface area (Å²) in [6, 6.07) is 7.22. The molecule has 0 amide bonds. The number of halogens is 1. The van der Waals surface area contributed by atoms with E-state index in [4.69, 9.17) is 14.8 Å². The Balaban J connectivity index is 1.41. The molecule has 0 saturated carbocycles. The molecule has 1 aliphatic heterocycles. The molecule has 0 aromatic carbocycles. The average Bonchev–Trinajstić information content (AvgIpc) is 3.36. The molecular formula is C27H28FN9O2. The highest BCUT2D eigenvalue weighted by molar-refractivity contribution is 6.01. The lowest BCUT2D eigenvalue weighted by atomic mass is 9.99. The second-order valence-corrected chi connectivity index (χ2v) is 9.82. The fourth-order valence-electron chi connectivity index (χ4n) is 4.70. The van der Waals surface area contributed by atoms with Crippen molar-refractivity contribution < 1.29 is 14.2 Å². The van der Waals surface area contributed by atoms with Crippen molar-refractivity contribution in [2.24, 2.45) is 0 Å². The molecule has 1 fully saturated rings. The number of pyridine rings is 4. The SMILES string of the molecule is CNc1ncc(-c2nc3ccc(N4CCOCC4)cn3n2)c2cc(Nc3nccc(C(C)(C)O)c3F)ncc12. The van der Waals surface area contributed by atoms with E-state index in [0.717, 1.165) is 29.5 Å². The number of morpholine rings is 1. The van der Waals surface area contributed by atoms with Gasteiger partial charge in [0.05, 0.1) is 30.7 Å². The zero-order valence-electron chi connectivity index (χ0n) is 21.8. The van der Waals surface area contributed by atoms with Crippen molar-refractivity contribution in [2.45, 2.75) is 19.4 Å². The number of rotatable bonds is 6. The van der Waals surface area contributed by atoms with Gasteiger partial charge in [-0.05, 0) is 38.1 Å². The number of hydrogen-bond acceptors (Lipinski definition) is 10. The third-order valence-corrected chi connectivity index (χ3v) is 6.74. The molecule has 12 heteroatoms. The lowest BCUT2D eigenvalue weighted by molar-refractivity contribution is 0.0745. The minimum atomic E-state index is -1.36. The van der Waals surface area contributed by atoms with Crippen molar-refractivity contribution in [2.75, 3.05) is 48.9 Å². The highest BCUT2D eigenvalue weighted by Crippen LogP contribution is 2.33. The lowest BCUT2D eigenvalue weighted by Crippen LogP contribution is -2.36. The van der Waals surface area contributed by atoms with Crippen molar-refractivity contribution in [3.8, 4) is 11.4 Å². The molecule has 0 bridgehead atoms. The highest BCUT2D eigenvalue weighted by atomic mass is 19.1.